The van der Waals surface area contributed by atoms with E-state index in [1.165, 1.54) is 0 Å². The van der Waals surface area contributed by atoms with Gasteiger partial charge in [-0.3, -0.25) is 4.79 Å². The predicted octanol–water partition coefficient (Wildman–Crippen LogP) is 4.50. The number of methoxy groups -OCH3 is 2. The zero-order valence-corrected chi connectivity index (χ0v) is 18.8. The lowest BCUT2D eigenvalue weighted by Gasteiger charge is -2.31. The number of carbonyl (C=O) groups excluding carboxylic acids is 1. The highest BCUT2D eigenvalue weighted by Gasteiger charge is 2.27. The van der Waals surface area contributed by atoms with Crippen LogP contribution in [0.4, 0.5) is 5.69 Å². The van der Waals surface area contributed by atoms with Crippen LogP contribution in [0.5, 0.6) is 17.2 Å². The number of carbonyl (C=O) groups is 1. The second kappa shape index (κ2) is 9.27. The number of hydrogen-bond donors (Lipinski definition) is 2. The second-order valence-corrected chi connectivity index (χ2v) is 7.82. The maximum Gasteiger partial charge on any atom is 0.238 e. The molecule has 1 aliphatic heterocycles. The van der Waals surface area contributed by atoms with Gasteiger partial charge in [-0.05, 0) is 62.4 Å². The first kappa shape index (κ1) is 22.4. The van der Waals surface area contributed by atoms with E-state index in [-0.39, 0.29) is 12.5 Å². The predicted molar refractivity (Wildman–Crippen MR) is 125 cm³/mol. The molecule has 1 aliphatic rings. The number of rotatable bonds is 8. The van der Waals surface area contributed by atoms with Gasteiger partial charge in [-0.15, -0.1) is 0 Å². The standard InChI is InChI=1S/C25H30N2O4/c1-7-26-15-23(28)27-21-14-17(29-5)8-9-18(21)16(2)19-10-11-22(30-6)20-12-13-25(3,4)31-24(19)20/h8-14,26H,2,7,15H2,1,3-6H3,(H,27,28). The molecular formula is C25H30N2O4. The minimum Gasteiger partial charge on any atom is -0.497 e. The quantitative estimate of drug-likeness (QED) is 0.656. The van der Waals surface area contributed by atoms with Crippen LogP contribution >= 0.6 is 0 Å². The van der Waals surface area contributed by atoms with Gasteiger partial charge >= 0.3 is 0 Å². The molecule has 6 heteroatoms. The first-order chi connectivity index (χ1) is 14.8. The second-order valence-electron chi connectivity index (χ2n) is 7.82. The van der Waals surface area contributed by atoms with E-state index in [2.05, 4.69) is 17.2 Å². The van der Waals surface area contributed by atoms with E-state index >= 15 is 0 Å². The average molecular weight is 423 g/mol. The smallest absolute Gasteiger partial charge is 0.238 e. The van der Waals surface area contributed by atoms with Gasteiger partial charge < -0.3 is 24.8 Å². The Balaban J connectivity index is 2.06. The average Bonchev–Trinajstić information content (AvgIpc) is 2.75. The zero-order chi connectivity index (χ0) is 22.6. The van der Waals surface area contributed by atoms with E-state index in [4.69, 9.17) is 14.2 Å². The molecule has 0 bridgehead atoms. The molecule has 0 saturated carbocycles. The summed E-state index contributed by atoms with van der Waals surface area (Å²) in [6, 6.07) is 9.37. The summed E-state index contributed by atoms with van der Waals surface area (Å²) in [5.41, 5.74) is 3.38. The van der Waals surface area contributed by atoms with Crippen molar-refractivity contribution in [3.63, 3.8) is 0 Å². The minimum atomic E-state index is -0.461. The SMILES string of the molecule is C=C(c1ccc(OC)cc1NC(=O)CNCC)c1ccc(OC)c2c1OC(C)(C)C=C2. The van der Waals surface area contributed by atoms with Crippen LogP contribution in [-0.2, 0) is 4.79 Å². The molecule has 0 aliphatic carbocycles. The Morgan fingerprint density at radius 2 is 1.87 bits per heavy atom. The highest BCUT2D eigenvalue weighted by Crippen LogP contribution is 2.44. The van der Waals surface area contributed by atoms with Gasteiger partial charge in [0.1, 0.15) is 22.8 Å². The Kier molecular flexibility index (Phi) is 6.71. The van der Waals surface area contributed by atoms with Crippen LogP contribution in [0, 0.1) is 0 Å². The fourth-order valence-corrected chi connectivity index (χ4v) is 3.44. The van der Waals surface area contributed by atoms with Crippen LogP contribution < -0.4 is 24.8 Å². The van der Waals surface area contributed by atoms with Crippen LogP contribution in [0.3, 0.4) is 0 Å². The summed E-state index contributed by atoms with van der Waals surface area (Å²) in [6.45, 7) is 11.2. The molecule has 2 aromatic rings. The Bertz CT molecular complexity index is 1020. The summed E-state index contributed by atoms with van der Waals surface area (Å²) >= 11 is 0. The van der Waals surface area contributed by atoms with Crippen LogP contribution in [0.1, 0.15) is 37.5 Å². The molecule has 2 aromatic carbocycles. The van der Waals surface area contributed by atoms with E-state index in [1.54, 1.807) is 20.3 Å². The molecule has 0 radical (unpaired) electrons. The topological polar surface area (TPSA) is 68.8 Å². The van der Waals surface area contributed by atoms with Crippen molar-refractivity contribution < 1.29 is 19.0 Å². The van der Waals surface area contributed by atoms with E-state index < -0.39 is 5.60 Å². The molecule has 164 valence electrons. The maximum atomic E-state index is 12.4. The molecule has 0 aromatic heterocycles. The van der Waals surface area contributed by atoms with E-state index in [9.17, 15) is 4.79 Å². The lowest BCUT2D eigenvalue weighted by molar-refractivity contribution is -0.115. The van der Waals surface area contributed by atoms with Gasteiger partial charge in [0.05, 0.1) is 32.0 Å². The summed E-state index contributed by atoms with van der Waals surface area (Å²) < 4.78 is 17.2. The van der Waals surface area contributed by atoms with Crippen molar-refractivity contribution in [2.45, 2.75) is 26.4 Å². The van der Waals surface area contributed by atoms with Gasteiger partial charge in [-0.2, -0.15) is 0 Å². The van der Waals surface area contributed by atoms with Crippen molar-refractivity contribution in [1.82, 2.24) is 5.32 Å². The maximum absolute atomic E-state index is 12.4. The highest BCUT2D eigenvalue weighted by molar-refractivity contribution is 5.98. The Morgan fingerprint density at radius 3 is 2.55 bits per heavy atom. The Morgan fingerprint density at radius 1 is 1.13 bits per heavy atom. The number of ether oxygens (including phenoxy) is 3. The van der Waals surface area contributed by atoms with E-state index in [0.717, 1.165) is 28.0 Å². The Labute approximate surface area is 183 Å². The lowest BCUT2D eigenvalue weighted by atomic mass is 9.92. The van der Waals surface area contributed by atoms with Crippen molar-refractivity contribution in [2.24, 2.45) is 0 Å². The first-order valence-electron chi connectivity index (χ1n) is 10.3. The first-order valence-corrected chi connectivity index (χ1v) is 10.3. The summed E-state index contributed by atoms with van der Waals surface area (Å²) in [7, 11) is 3.23. The summed E-state index contributed by atoms with van der Waals surface area (Å²) in [5, 5.41) is 6.00. The summed E-state index contributed by atoms with van der Waals surface area (Å²) in [4.78, 5) is 12.4. The van der Waals surface area contributed by atoms with E-state index in [0.29, 0.717) is 23.7 Å². The van der Waals surface area contributed by atoms with Crippen molar-refractivity contribution >= 4 is 23.2 Å². The van der Waals surface area contributed by atoms with Crippen molar-refractivity contribution in [2.75, 3.05) is 32.6 Å². The summed E-state index contributed by atoms with van der Waals surface area (Å²) in [5.74, 6) is 1.94. The van der Waals surface area contributed by atoms with Crippen LogP contribution in [0.15, 0.2) is 43.0 Å². The number of amides is 1. The molecule has 0 spiro atoms. The third kappa shape index (κ3) is 4.91. The van der Waals surface area contributed by atoms with Gasteiger partial charge in [-0.1, -0.05) is 13.5 Å². The van der Waals surface area contributed by atoms with Crippen molar-refractivity contribution in [1.29, 1.82) is 0 Å². The van der Waals surface area contributed by atoms with Crippen molar-refractivity contribution in [3.8, 4) is 17.2 Å². The zero-order valence-electron chi connectivity index (χ0n) is 18.8. The minimum absolute atomic E-state index is 0.138. The molecule has 2 N–H and O–H groups in total. The summed E-state index contributed by atoms with van der Waals surface area (Å²) in [6.07, 6.45) is 4.02. The van der Waals surface area contributed by atoms with Gasteiger partial charge in [0.15, 0.2) is 0 Å². The fraction of sp³-hybridized carbons (Fsp3) is 0.320. The molecule has 1 heterocycles. The van der Waals surface area contributed by atoms with Crippen LogP contribution in [-0.4, -0.2) is 38.8 Å². The fourth-order valence-electron chi connectivity index (χ4n) is 3.44. The molecular weight excluding hydrogens is 392 g/mol. The third-order valence-electron chi connectivity index (χ3n) is 5.08. The van der Waals surface area contributed by atoms with Crippen LogP contribution in [0.2, 0.25) is 0 Å². The molecule has 0 unspecified atom stereocenters. The van der Waals surface area contributed by atoms with Crippen molar-refractivity contribution in [3.05, 3.63) is 59.7 Å². The van der Waals surface area contributed by atoms with Gasteiger partial charge in [0, 0.05) is 17.2 Å². The molecule has 3 rings (SSSR count). The number of benzene rings is 2. The monoisotopic (exact) mass is 422 g/mol. The molecule has 0 atom stereocenters. The number of nitrogens with one attached hydrogen (secondary N) is 2. The largest absolute Gasteiger partial charge is 0.497 e. The normalized spacial score (nSPS) is 13.7. The molecule has 6 nitrogen and oxygen atoms in total. The van der Waals surface area contributed by atoms with Crippen LogP contribution in [0.25, 0.3) is 11.6 Å². The number of fused-ring (bicyclic) bond motifs is 1. The Hall–Kier alpha value is -3.25. The third-order valence-corrected chi connectivity index (χ3v) is 5.08. The lowest BCUT2D eigenvalue weighted by Crippen LogP contribution is -2.28. The highest BCUT2D eigenvalue weighted by atomic mass is 16.5. The van der Waals surface area contributed by atoms with Gasteiger partial charge in [0.25, 0.3) is 0 Å². The number of anilines is 1. The number of likely N-dealkylation sites (N-methyl/N-ethyl adjacent to an activating group) is 1. The van der Waals surface area contributed by atoms with E-state index in [1.807, 2.05) is 57.2 Å². The molecule has 0 saturated heterocycles. The van der Waals surface area contributed by atoms with Gasteiger partial charge in [0.2, 0.25) is 5.91 Å². The molecule has 0 fully saturated rings. The molecule has 1 amide bonds. The molecule has 31 heavy (non-hydrogen) atoms. The number of hydrogen-bond acceptors (Lipinski definition) is 5. The van der Waals surface area contributed by atoms with Gasteiger partial charge in [-0.25, -0.2) is 0 Å².